The monoisotopic (exact) mass is 187 g/mol. The van der Waals surface area contributed by atoms with Gasteiger partial charge in [0.2, 0.25) is 7.58 Å². The summed E-state index contributed by atoms with van der Waals surface area (Å²) in [6, 6.07) is 0. The molecular formula is C2H11N3O3P2. The number of hydrogen-bond donors (Lipinski definition) is 5. The summed E-state index contributed by atoms with van der Waals surface area (Å²) in [5.74, 6) is 0. The highest BCUT2D eigenvalue weighted by Crippen LogP contribution is 2.44. The highest BCUT2D eigenvalue weighted by atomic mass is 31.2. The summed E-state index contributed by atoms with van der Waals surface area (Å²) >= 11 is 0. The Balaban J connectivity index is 4.17. The summed E-state index contributed by atoms with van der Waals surface area (Å²) in [6.07, 6.45) is 0. The van der Waals surface area contributed by atoms with E-state index in [-0.39, 0.29) is 0 Å². The van der Waals surface area contributed by atoms with Gasteiger partial charge in [-0.05, 0) is 7.05 Å². The van der Waals surface area contributed by atoms with Gasteiger partial charge in [-0.1, -0.05) is 0 Å². The molecule has 0 spiro atoms. The zero-order valence-electron chi connectivity index (χ0n) is 5.70. The lowest BCUT2D eigenvalue weighted by Gasteiger charge is -2.16. The van der Waals surface area contributed by atoms with Gasteiger partial charge in [-0.25, -0.2) is 0 Å². The van der Waals surface area contributed by atoms with E-state index in [1.165, 1.54) is 7.05 Å². The quantitative estimate of drug-likeness (QED) is 0.404. The van der Waals surface area contributed by atoms with E-state index in [2.05, 4.69) is 5.09 Å². The first-order valence-corrected chi connectivity index (χ1v) is 6.27. The third kappa shape index (κ3) is 5.11. The van der Waals surface area contributed by atoms with Crippen LogP contribution in [0.1, 0.15) is 0 Å². The summed E-state index contributed by atoms with van der Waals surface area (Å²) in [5, 5.41) is 9.13. The number of rotatable bonds is 3. The second-order valence-electron chi connectivity index (χ2n) is 1.84. The van der Waals surface area contributed by atoms with Gasteiger partial charge in [-0.2, -0.15) is 4.86 Å². The van der Waals surface area contributed by atoms with Crippen LogP contribution in [0.25, 0.3) is 0 Å². The lowest BCUT2D eigenvalue weighted by Crippen LogP contribution is -2.15. The van der Waals surface area contributed by atoms with Gasteiger partial charge in [0.1, 0.15) is 0 Å². The average Bonchev–Trinajstić information content (AvgIpc) is 1.60. The van der Waals surface area contributed by atoms with Gasteiger partial charge in [0.25, 0.3) is 7.52 Å². The van der Waals surface area contributed by atoms with E-state index in [4.69, 9.17) is 14.9 Å². The zero-order valence-corrected chi connectivity index (χ0v) is 7.49. The van der Waals surface area contributed by atoms with Crippen LogP contribution >= 0.6 is 15.1 Å². The topological polar surface area (TPSA) is 105 Å². The summed E-state index contributed by atoms with van der Waals surface area (Å²) in [4.78, 5) is 19.4. The third-order valence-corrected chi connectivity index (χ3v) is 3.94. The predicted octanol–water partition coefficient (Wildman–Crippen LogP) is 0.128. The van der Waals surface area contributed by atoms with Crippen LogP contribution in [0, 0.1) is 5.16 Å². The molecule has 0 aliphatic carbocycles. The van der Waals surface area contributed by atoms with Crippen LogP contribution < -0.4 is 9.95 Å². The maximum Gasteiger partial charge on any atom is 0.271 e. The molecule has 0 aliphatic heterocycles. The van der Waals surface area contributed by atoms with Crippen molar-refractivity contribution in [3.8, 4) is 0 Å². The normalized spacial score (nSPS) is 23.2. The van der Waals surface area contributed by atoms with E-state index in [9.17, 15) is 4.57 Å². The molecule has 0 aromatic carbocycles. The van der Waals surface area contributed by atoms with Crippen molar-refractivity contribution in [3.05, 3.63) is 0 Å². The molecule has 0 bridgehead atoms. The van der Waals surface area contributed by atoms with Crippen LogP contribution in [0.2, 0.25) is 0 Å². The van der Waals surface area contributed by atoms with Crippen molar-refractivity contribution in [3.63, 3.8) is 0 Å². The van der Waals surface area contributed by atoms with E-state index < -0.39 is 15.1 Å². The highest BCUT2D eigenvalue weighted by molar-refractivity contribution is 7.70. The lowest BCUT2D eigenvalue weighted by atomic mass is 11.6. The molecule has 0 aromatic heterocycles. The van der Waals surface area contributed by atoms with Gasteiger partial charge in [0, 0.05) is 6.66 Å². The van der Waals surface area contributed by atoms with E-state index in [1.807, 2.05) is 4.86 Å². The first kappa shape index (κ1) is 10.3. The van der Waals surface area contributed by atoms with E-state index in [0.717, 1.165) is 6.66 Å². The first-order valence-electron chi connectivity index (χ1n) is 2.42. The molecule has 2 atom stereocenters. The molecule has 0 saturated carbocycles. The lowest BCUT2D eigenvalue weighted by molar-refractivity contribution is 0.477. The molecule has 0 aromatic rings. The molecule has 0 radical (unpaired) electrons. The Labute approximate surface area is 59.2 Å². The minimum Gasteiger partial charge on any atom is -0.337 e. The Morgan fingerprint density at radius 1 is 1.50 bits per heavy atom. The smallest absolute Gasteiger partial charge is 0.271 e. The molecule has 10 heavy (non-hydrogen) atoms. The standard InChI is InChI=1S/C2H11N3O3P2/c1-4-10(3,8)5-9(2,6)7/h1-2H3,(H5,3,4,5,6,7,8). The molecule has 0 fully saturated rings. The molecule has 5 N–H and O–H groups in total. The van der Waals surface area contributed by atoms with Crippen molar-refractivity contribution < 1.29 is 14.4 Å². The van der Waals surface area contributed by atoms with Gasteiger partial charge in [0.05, 0.1) is 0 Å². The SMILES string of the molecule is CNP(=N)(O)NP(C)(=O)O. The molecule has 0 aliphatic rings. The fourth-order valence-corrected chi connectivity index (χ4v) is 2.87. The molecule has 2 unspecified atom stereocenters. The molecule has 6 nitrogen and oxygen atoms in total. The van der Waals surface area contributed by atoms with Crippen molar-refractivity contribution in [1.82, 2.24) is 9.95 Å². The van der Waals surface area contributed by atoms with Gasteiger partial charge in [-0.3, -0.25) is 14.8 Å². The Bertz CT molecular complexity index is 198. The minimum absolute atomic E-state index is 1.02. The molecule has 0 rings (SSSR count). The van der Waals surface area contributed by atoms with Gasteiger partial charge in [-0.15, -0.1) is 0 Å². The third-order valence-electron chi connectivity index (χ3n) is 0.654. The largest absolute Gasteiger partial charge is 0.337 e. The Kier molecular flexibility index (Phi) is 3.23. The van der Waals surface area contributed by atoms with Crippen molar-refractivity contribution in [2.75, 3.05) is 13.7 Å². The van der Waals surface area contributed by atoms with Crippen molar-refractivity contribution in [2.24, 2.45) is 0 Å². The van der Waals surface area contributed by atoms with Crippen molar-refractivity contribution in [2.45, 2.75) is 0 Å². The Hall–Kier alpha value is 0.300. The maximum atomic E-state index is 10.5. The molecule has 8 heteroatoms. The van der Waals surface area contributed by atoms with E-state index in [0.29, 0.717) is 0 Å². The summed E-state index contributed by atoms with van der Waals surface area (Å²) in [5.41, 5.74) is 0. The van der Waals surface area contributed by atoms with Crippen LogP contribution in [0.4, 0.5) is 0 Å². The highest BCUT2D eigenvalue weighted by Gasteiger charge is 2.19. The summed E-state index contributed by atoms with van der Waals surface area (Å²) < 4.78 is 10.5. The Morgan fingerprint density at radius 2 is 1.90 bits per heavy atom. The van der Waals surface area contributed by atoms with Crippen LogP contribution in [-0.4, -0.2) is 23.5 Å². The maximum absolute atomic E-state index is 10.5. The predicted molar refractivity (Wildman–Crippen MR) is 39.8 cm³/mol. The van der Waals surface area contributed by atoms with Crippen LogP contribution in [-0.2, 0) is 4.57 Å². The van der Waals surface area contributed by atoms with Gasteiger partial charge < -0.3 is 9.79 Å². The zero-order chi connectivity index (χ0) is 8.41. The van der Waals surface area contributed by atoms with Crippen LogP contribution in [0.5, 0.6) is 0 Å². The minimum atomic E-state index is -3.50. The van der Waals surface area contributed by atoms with Gasteiger partial charge >= 0.3 is 0 Å². The molecule has 0 saturated heterocycles. The average molecular weight is 187 g/mol. The van der Waals surface area contributed by atoms with E-state index in [1.54, 1.807) is 0 Å². The Morgan fingerprint density at radius 3 is 2.00 bits per heavy atom. The van der Waals surface area contributed by atoms with E-state index >= 15 is 0 Å². The fraction of sp³-hybridized carbons (Fsp3) is 1.00. The van der Waals surface area contributed by atoms with Crippen LogP contribution in [0.15, 0.2) is 0 Å². The summed E-state index contributed by atoms with van der Waals surface area (Å²) in [6.45, 7) is 1.02. The summed E-state index contributed by atoms with van der Waals surface area (Å²) in [7, 11) is -5.48. The second kappa shape index (κ2) is 3.13. The van der Waals surface area contributed by atoms with Crippen molar-refractivity contribution in [1.29, 1.82) is 5.16 Å². The first-order chi connectivity index (χ1) is 4.27. The van der Waals surface area contributed by atoms with Gasteiger partial charge in [0.15, 0.2) is 0 Å². The molecule has 0 amide bonds. The number of nitrogens with one attached hydrogen (secondary N) is 3. The second-order valence-corrected chi connectivity index (χ2v) is 6.11. The van der Waals surface area contributed by atoms with Crippen molar-refractivity contribution >= 4 is 15.1 Å². The fourth-order valence-electron chi connectivity index (χ4n) is 0.319. The molecule has 62 valence electrons. The van der Waals surface area contributed by atoms with Crippen LogP contribution in [0.3, 0.4) is 0 Å². The molecular weight excluding hydrogens is 176 g/mol. The molecule has 0 heterocycles. The number of hydrogen-bond acceptors (Lipinski definition) is 2.